The van der Waals surface area contributed by atoms with E-state index in [1.807, 2.05) is 0 Å². The number of nitrogens with two attached hydrogens (primary N) is 1. The Bertz CT molecular complexity index is 774. The van der Waals surface area contributed by atoms with Crippen LogP contribution < -0.4 is 5.73 Å². The molecule has 2 N–H and O–H groups in total. The molecule has 0 aliphatic rings. The van der Waals surface area contributed by atoms with E-state index >= 15 is 0 Å². The van der Waals surface area contributed by atoms with Gasteiger partial charge in [0.1, 0.15) is 24.6 Å². The second-order valence-electron chi connectivity index (χ2n) is 5.02. The molecule has 2 rings (SSSR count). The number of ether oxygens (including phenoxy) is 1. The van der Waals surface area contributed by atoms with Crippen molar-refractivity contribution in [2.45, 2.75) is 26.4 Å². The Morgan fingerprint density at radius 3 is 2.68 bits per heavy atom. The van der Waals surface area contributed by atoms with Crippen LogP contribution in [0.5, 0.6) is 0 Å². The smallest absolute Gasteiger partial charge is 0.356 e. The summed E-state index contributed by atoms with van der Waals surface area (Å²) >= 11 is 0. The van der Waals surface area contributed by atoms with E-state index in [0.717, 1.165) is 0 Å². The van der Waals surface area contributed by atoms with Crippen LogP contribution in [0.1, 0.15) is 19.4 Å². The summed E-state index contributed by atoms with van der Waals surface area (Å²) in [5, 5.41) is 4.05. The molecule has 0 aliphatic carbocycles. The van der Waals surface area contributed by atoms with Crippen LogP contribution >= 0.6 is 7.60 Å². The Balaban J connectivity index is 2.14. The first-order chi connectivity index (χ1) is 11.9. The third-order valence-electron chi connectivity index (χ3n) is 3.24. The summed E-state index contributed by atoms with van der Waals surface area (Å²) < 4.78 is 43.2. The van der Waals surface area contributed by atoms with Crippen LogP contribution in [0.4, 0.5) is 10.3 Å². The lowest BCUT2D eigenvalue weighted by Gasteiger charge is -2.20. The predicted molar refractivity (Wildman–Crippen MR) is 89.7 cm³/mol. The second kappa shape index (κ2) is 8.48. The highest BCUT2D eigenvalue weighted by Crippen LogP contribution is 2.48. The first kappa shape index (κ1) is 19.5. The van der Waals surface area contributed by atoms with Gasteiger partial charge in [-0.3, -0.25) is 4.57 Å². The summed E-state index contributed by atoms with van der Waals surface area (Å²) in [5.74, 6) is -0.564. The Hall–Kier alpha value is -1.87. The van der Waals surface area contributed by atoms with E-state index in [1.165, 1.54) is 17.0 Å². The molecule has 25 heavy (non-hydrogen) atoms. The van der Waals surface area contributed by atoms with Crippen LogP contribution in [0.2, 0.25) is 0 Å². The maximum absolute atomic E-state index is 13.8. The lowest BCUT2D eigenvalue weighted by Crippen LogP contribution is -2.18. The molecule has 9 nitrogen and oxygen atoms in total. The maximum Gasteiger partial charge on any atom is 0.356 e. The van der Waals surface area contributed by atoms with Crippen molar-refractivity contribution in [1.82, 2.24) is 19.6 Å². The van der Waals surface area contributed by atoms with Gasteiger partial charge >= 0.3 is 7.60 Å². The molecule has 0 aromatic carbocycles. The molecule has 0 saturated carbocycles. The van der Waals surface area contributed by atoms with Crippen LogP contribution in [-0.4, -0.2) is 45.2 Å². The van der Waals surface area contributed by atoms with E-state index < -0.39 is 25.9 Å². The lowest BCUT2D eigenvalue weighted by atomic mass is 10.1. The number of anilines is 1. The Labute approximate surface area is 144 Å². The molecule has 0 aliphatic heterocycles. The minimum atomic E-state index is -3.46. The zero-order valence-corrected chi connectivity index (χ0v) is 15.0. The van der Waals surface area contributed by atoms with E-state index in [0.29, 0.717) is 11.2 Å². The Kier molecular flexibility index (Phi) is 6.60. The van der Waals surface area contributed by atoms with Crippen LogP contribution in [0.3, 0.4) is 0 Å². The zero-order chi connectivity index (χ0) is 18.4. The molecule has 0 spiro atoms. The summed E-state index contributed by atoms with van der Waals surface area (Å²) in [6.45, 7) is 7.01. The highest BCUT2D eigenvalue weighted by Gasteiger charge is 2.27. The van der Waals surface area contributed by atoms with Gasteiger partial charge in [0, 0.05) is 12.0 Å². The van der Waals surface area contributed by atoms with E-state index in [4.69, 9.17) is 19.5 Å². The number of fused-ring (bicyclic) bond motifs is 1. The summed E-state index contributed by atoms with van der Waals surface area (Å²) in [4.78, 5) is 7.90. The third kappa shape index (κ3) is 4.82. The molecule has 0 amide bonds. The van der Waals surface area contributed by atoms with Gasteiger partial charge in [0.25, 0.3) is 0 Å². The van der Waals surface area contributed by atoms with Crippen LogP contribution in [0.25, 0.3) is 5.65 Å². The number of rotatable bonds is 10. The van der Waals surface area contributed by atoms with Gasteiger partial charge in [-0.05, 0) is 13.8 Å². The first-order valence-electron chi connectivity index (χ1n) is 7.67. The van der Waals surface area contributed by atoms with Gasteiger partial charge in [-0.1, -0.05) is 6.58 Å². The van der Waals surface area contributed by atoms with E-state index in [9.17, 15) is 8.96 Å². The standard InChI is InChI=1S/C14H21FN5O4P/c1-4-23-25(21,24-5-2)9-22-12(10(3)15)6-11-7-19-20-13(11)17-8-18-14(20)16/h7-8,12H,3-6,9H2,1-2H3,(H2,16,17,18)/t12-/m0/s1. The molecular weight excluding hydrogens is 352 g/mol. The molecule has 2 aromatic rings. The van der Waals surface area contributed by atoms with Gasteiger partial charge in [0.2, 0.25) is 5.95 Å². The zero-order valence-electron chi connectivity index (χ0n) is 14.1. The second-order valence-corrected chi connectivity index (χ2v) is 7.02. The number of hydrogen-bond donors (Lipinski definition) is 1. The van der Waals surface area contributed by atoms with Gasteiger partial charge in [0.15, 0.2) is 5.65 Å². The molecule has 11 heteroatoms. The fourth-order valence-corrected chi connectivity index (χ4v) is 3.54. The maximum atomic E-state index is 13.8. The van der Waals surface area contributed by atoms with Crippen molar-refractivity contribution in [2.24, 2.45) is 0 Å². The number of hydrogen-bond acceptors (Lipinski definition) is 8. The highest BCUT2D eigenvalue weighted by molar-refractivity contribution is 7.53. The van der Waals surface area contributed by atoms with Crippen molar-refractivity contribution in [3.8, 4) is 0 Å². The number of aromatic nitrogens is 4. The predicted octanol–water partition coefficient (Wildman–Crippen LogP) is 2.34. The Morgan fingerprint density at radius 1 is 1.40 bits per heavy atom. The summed E-state index contributed by atoms with van der Waals surface area (Å²) in [6, 6.07) is 0. The highest BCUT2D eigenvalue weighted by atomic mass is 31.2. The number of halogens is 1. The van der Waals surface area contributed by atoms with Gasteiger partial charge in [-0.15, -0.1) is 0 Å². The minimum Gasteiger partial charge on any atom is -0.368 e. The van der Waals surface area contributed by atoms with Crippen LogP contribution in [-0.2, 0) is 24.8 Å². The lowest BCUT2D eigenvalue weighted by molar-refractivity contribution is 0.0750. The summed E-state index contributed by atoms with van der Waals surface area (Å²) in [7, 11) is -3.46. The molecule has 138 valence electrons. The van der Waals surface area contributed by atoms with Crippen LogP contribution in [0, 0.1) is 0 Å². The number of nitrogen functional groups attached to an aromatic ring is 1. The molecular formula is C14H21FN5O4P. The van der Waals surface area contributed by atoms with Crippen molar-refractivity contribution >= 4 is 19.2 Å². The van der Waals surface area contributed by atoms with Gasteiger partial charge in [-0.2, -0.15) is 9.61 Å². The molecule has 2 aromatic heterocycles. The normalized spacial score (nSPS) is 13.2. The largest absolute Gasteiger partial charge is 0.368 e. The van der Waals surface area contributed by atoms with Crippen molar-refractivity contribution < 1.29 is 22.7 Å². The van der Waals surface area contributed by atoms with Gasteiger partial charge in [0.05, 0.1) is 19.4 Å². The molecule has 2 heterocycles. The third-order valence-corrected chi connectivity index (χ3v) is 5.01. The van der Waals surface area contributed by atoms with E-state index in [2.05, 4.69) is 21.6 Å². The fourth-order valence-electron chi connectivity index (χ4n) is 2.17. The molecule has 0 bridgehead atoms. The topological polar surface area (TPSA) is 114 Å². The summed E-state index contributed by atoms with van der Waals surface area (Å²) in [6.07, 6.45) is 1.41. The Morgan fingerprint density at radius 2 is 2.08 bits per heavy atom. The molecule has 0 unspecified atom stereocenters. The summed E-state index contributed by atoms with van der Waals surface area (Å²) in [5.41, 5.74) is 6.71. The molecule has 0 fully saturated rings. The monoisotopic (exact) mass is 373 g/mol. The van der Waals surface area contributed by atoms with Gasteiger partial charge < -0.3 is 19.5 Å². The van der Waals surface area contributed by atoms with E-state index in [1.54, 1.807) is 13.8 Å². The molecule has 0 radical (unpaired) electrons. The van der Waals surface area contributed by atoms with Crippen molar-refractivity contribution in [1.29, 1.82) is 0 Å². The van der Waals surface area contributed by atoms with Crippen molar-refractivity contribution in [2.75, 3.05) is 25.3 Å². The SMILES string of the molecule is C=C(F)[C@H](Cc1cnn2c(N)ncnc12)OCP(=O)(OCC)OCC. The number of nitrogens with zero attached hydrogens (tertiary/aromatic N) is 4. The van der Waals surface area contributed by atoms with Crippen molar-refractivity contribution in [3.63, 3.8) is 0 Å². The molecule has 1 atom stereocenters. The van der Waals surface area contributed by atoms with Crippen molar-refractivity contribution in [3.05, 3.63) is 30.5 Å². The average Bonchev–Trinajstić information content (AvgIpc) is 2.96. The fraction of sp³-hybridized carbons (Fsp3) is 0.500. The van der Waals surface area contributed by atoms with E-state index in [-0.39, 0.29) is 25.6 Å². The minimum absolute atomic E-state index is 0.0769. The quantitative estimate of drug-likeness (QED) is 0.631. The van der Waals surface area contributed by atoms with Gasteiger partial charge in [-0.25, -0.2) is 14.4 Å². The average molecular weight is 373 g/mol. The van der Waals surface area contributed by atoms with Crippen LogP contribution in [0.15, 0.2) is 24.9 Å². The first-order valence-corrected chi connectivity index (χ1v) is 9.40. The molecule has 0 saturated heterocycles.